The average Bonchev–Trinajstić information content (AvgIpc) is 3.54. The highest BCUT2D eigenvalue weighted by Gasteiger charge is 2.22. The Morgan fingerprint density at radius 2 is 1.97 bits per heavy atom. The number of hydrogen-bond acceptors (Lipinski definition) is 10. The number of benzene rings is 1. The van der Waals surface area contributed by atoms with Crippen molar-refractivity contribution in [1.82, 2.24) is 30.0 Å². The summed E-state index contributed by atoms with van der Waals surface area (Å²) in [7, 11) is 0. The number of hydrogen-bond donors (Lipinski definition) is 2. The Balaban J connectivity index is 1.24. The maximum Gasteiger partial charge on any atom is 0.259 e. The van der Waals surface area contributed by atoms with Gasteiger partial charge in [-0.2, -0.15) is 0 Å². The van der Waals surface area contributed by atoms with Gasteiger partial charge in [0.25, 0.3) is 5.89 Å². The summed E-state index contributed by atoms with van der Waals surface area (Å²) in [6, 6.07) is 9.71. The number of piperidine rings is 1. The van der Waals surface area contributed by atoms with Gasteiger partial charge in [0.05, 0.1) is 18.6 Å². The number of carbonyl (C=O) groups excluding carboxylic acids is 1. The fourth-order valence-electron chi connectivity index (χ4n) is 3.69. The quantitative estimate of drug-likeness (QED) is 0.383. The second-order valence-corrected chi connectivity index (χ2v) is 8.73. The summed E-state index contributed by atoms with van der Waals surface area (Å²) < 4.78 is 5.80. The Labute approximate surface area is 199 Å². The van der Waals surface area contributed by atoms with Crippen molar-refractivity contribution in [3.63, 3.8) is 0 Å². The zero-order valence-electron chi connectivity index (χ0n) is 18.2. The van der Waals surface area contributed by atoms with Crippen LogP contribution >= 0.6 is 11.3 Å². The summed E-state index contributed by atoms with van der Waals surface area (Å²) in [5.41, 5.74) is 0.860. The first kappa shape index (κ1) is 21.7. The van der Waals surface area contributed by atoms with Gasteiger partial charge in [0.2, 0.25) is 11.8 Å². The van der Waals surface area contributed by atoms with E-state index in [1.54, 1.807) is 23.5 Å². The fourth-order valence-corrected chi connectivity index (χ4v) is 4.43. The molecule has 0 radical (unpaired) electrons. The monoisotopic (exact) mass is 474 g/mol. The summed E-state index contributed by atoms with van der Waals surface area (Å²) >= 11 is 1.38. The highest BCUT2D eigenvalue weighted by atomic mass is 32.1. The van der Waals surface area contributed by atoms with Gasteiger partial charge in [-0.15, -0.1) is 10.2 Å². The van der Waals surface area contributed by atoms with Gasteiger partial charge < -0.3 is 20.0 Å². The first-order valence-electron chi connectivity index (χ1n) is 10.8. The second-order valence-electron chi connectivity index (χ2n) is 7.69. The molecule has 0 spiro atoms. The van der Waals surface area contributed by atoms with Crippen molar-refractivity contribution < 1.29 is 9.21 Å². The van der Waals surface area contributed by atoms with Crippen molar-refractivity contribution in [3.05, 3.63) is 61.6 Å². The Kier molecular flexibility index (Phi) is 6.25. The summed E-state index contributed by atoms with van der Waals surface area (Å²) in [6.45, 7) is 4.92. The van der Waals surface area contributed by atoms with Crippen LogP contribution in [0.2, 0.25) is 0 Å². The van der Waals surface area contributed by atoms with Crippen molar-refractivity contribution >= 4 is 34.0 Å². The molecule has 1 fully saturated rings. The predicted octanol–water partition coefficient (Wildman–Crippen LogP) is 3.98. The number of nitrogens with one attached hydrogen (secondary N) is 2. The van der Waals surface area contributed by atoms with E-state index in [0.29, 0.717) is 35.1 Å². The van der Waals surface area contributed by atoms with Crippen LogP contribution in [0, 0.1) is 0 Å². The molecule has 1 aliphatic rings. The minimum Gasteiger partial charge on any atom is -0.415 e. The van der Waals surface area contributed by atoms with Crippen LogP contribution in [-0.4, -0.2) is 55.1 Å². The molecule has 0 bridgehead atoms. The van der Waals surface area contributed by atoms with Crippen molar-refractivity contribution in [2.24, 2.45) is 0 Å². The predicted molar refractivity (Wildman–Crippen MR) is 130 cm³/mol. The van der Waals surface area contributed by atoms with E-state index in [4.69, 9.17) is 4.42 Å². The lowest BCUT2D eigenvalue weighted by molar-refractivity contribution is -0.127. The van der Waals surface area contributed by atoms with Crippen LogP contribution in [0.5, 0.6) is 0 Å². The zero-order chi connectivity index (χ0) is 23.3. The molecule has 0 aliphatic carbocycles. The van der Waals surface area contributed by atoms with Crippen molar-refractivity contribution in [2.75, 3.05) is 23.7 Å². The summed E-state index contributed by atoms with van der Waals surface area (Å²) in [4.78, 5) is 27.7. The third-order valence-electron chi connectivity index (χ3n) is 5.29. The third kappa shape index (κ3) is 4.94. The van der Waals surface area contributed by atoms with Crippen LogP contribution in [0.25, 0.3) is 22.2 Å². The molecular weight excluding hydrogens is 452 g/mol. The number of anilines is 3. The van der Waals surface area contributed by atoms with Crippen LogP contribution in [-0.2, 0) is 4.79 Å². The number of carbonyl (C=O) groups is 1. The molecule has 0 unspecified atom stereocenters. The standard InChI is InChI=1S/C23H22N8O2S/c1-2-20(32)31-10-6-9-16(14-31)26-18-12-24-13-19(27-18)28-23-25-11-17(34-23)22-30-29-21(33-22)15-7-4-3-5-8-15/h2-5,7-8,11-13,16H,1,6,9-10,14H2,(H2,25,26,27,28)/t16-/m0/s1. The van der Waals surface area contributed by atoms with E-state index in [1.807, 2.05) is 30.3 Å². The number of likely N-dealkylation sites (tertiary alicyclic amines) is 1. The lowest BCUT2D eigenvalue weighted by Gasteiger charge is -2.32. The maximum absolute atomic E-state index is 11.9. The van der Waals surface area contributed by atoms with E-state index in [1.165, 1.54) is 17.4 Å². The third-order valence-corrected chi connectivity index (χ3v) is 6.19. The Bertz CT molecular complexity index is 1290. The molecule has 0 saturated carbocycles. The summed E-state index contributed by atoms with van der Waals surface area (Å²) in [5.74, 6) is 1.99. The summed E-state index contributed by atoms with van der Waals surface area (Å²) in [5, 5.41) is 15.4. The minimum atomic E-state index is -0.0512. The number of aromatic nitrogens is 5. The lowest BCUT2D eigenvalue weighted by atomic mass is 10.1. The molecular formula is C23H22N8O2S. The molecule has 3 aromatic heterocycles. The van der Waals surface area contributed by atoms with E-state index in [-0.39, 0.29) is 11.9 Å². The van der Waals surface area contributed by atoms with Gasteiger partial charge in [0.15, 0.2) is 10.9 Å². The van der Waals surface area contributed by atoms with E-state index < -0.39 is 0 Å². The SMILES string of the molecule is C=CC(=O)N1CCC[C@H](Nc2cncc(Nc3ncc(-c4nnc(-c5ccccc5)o4)s3)n2)C1. The molecule has 11 heteroatoms. The van der Waals surface area contributed by atoms with E-state index in [0.717, 1.165) is 29.8 Å². The first-order valence-corrected chi connectivity index (χ1v) is 11.6. The zero-order valence-corrected chi connectivity index (χ0v) is 19.0. The highest BCUT2D eigenvalue weighted by Crippen LogP contribution is 2.31. The van der Waals surface area contributed by atoms with Crippen LogP contribution in [0.3, 0.4) is 0 Å². The molecule has 5 rings (SSSR count). The minimum absolute atomic E-state index is 0.0512. The Morgan fingerprint density at radius 1 is 1.15 bits per heavy atom. The molecule has 1 aliphatic heterocycles. The van der Waals surface area contributed by atoms with Gasteiger partial charge in [-0.1, -0.05) is 36.1 Å². The van der Waals surface area contributed by atoms with Gasteiger partial charge in [0.1, 0.15) is 10.7 Å². The maximum atomic E-state index is 11.9. The molecule has 1 amide bonds. The molecule has 10 nitrogen and oxygen atoms in total. The van der Waals surface area contributed by atoms with Gasteiger partial charge in [-0.25, -0.2) is 9.97 Å². The smallest absolute Gasteiger partial charge is 0.259 e. The largest absolute Gasteiger partial charge is 0.415 e. The first-order chi connectivity index (χ1) is 16.7. The molecule has 4 heterocycles. The van der Waals surface area contributed by atoms with Crippen LogP contribution in [0.1, 0.15) is 12.8 Å². The normalized spacial score (nSPS) is 15.6. The van der Waals surface area contributed by atoms with Crippen molar-refractivity contribution in [1.29, 1.82) is 0 Å². The number of rotatable bonds is 7. The molecule has 2 N–H and O–H groups in total. The van der Waals surface area contributed by atoms with Crippen LogP contribution in [0.15, 0.2) is 66.0 Å². The van der Waals surface area contributed by atoms with Crippen LogP contribution in [0.4, 0.5) is 16.8 Å². The molecule has 34 heavy (non-hydrogen) atoms. The molecule has 172 valence electrons. The van der Waals surface area contributed by atoms with Crippen LogP contribution < -0.4 is 10.6 Å². The topological polar surface area (TPSA) is 122 Å². The number of nitrogens with zero attached hydrogens (tertiary/aromatic N) is 6. The number of amides is 1. The van der Waals surface area contributed by atoms with Gasteiger partial charge in [-0.3, -0.25) is 9.78 Å². The van der Waals surface area contributed by atoms with Gasteiger partial charge >= 0.3 is 0 Å². The highest BCUT2D eigenvalue weighted by molar-refractivity contribution is 7.18. The van der Waals surface area contributed by atoms with E-state index >= 15 is 0 Å². The lowest BCUT2D eigenvalue weighted by Crippen LogP contribution is -2.44. The van der Waals surface area contributed by atoms with Gasteiger partial charge in [0, 0.05) is 24.7 Å². The fraction of sp³-hybridized carbons (Fsp3) is 0.217. The molecule has 1 aromatic carbocycles. The Hall–Kier alpha value is -4.12. The van der Waals surface area contributed by atoms with Gasteiger partial charge in [-0.05, 0) is 31.1 Å². The molecule has 4 aromatic rings. The Morgan fingerprint density at radius 3 is 2.82 bits per heavy atom. The second kappa shape index (κ2) is 9.79. The van der Waals surface area contributed by atoms with E-state index in [9.17, 15) is 4.79 Å². The summed E-state index contributed by atoms with van der Waals surface area (Å²) in [6.07, 6.45) is 8.19. The molecule has 1 saturated heterocycles. The average molecular weight is 475 g/mol. The molecule has 1 atom stereocenters. The number of thiazole rings is 1. The van der Waals surface area contributed by atoms with Crippen molar-refractivity contribution in [3.8, 4) is 22.2 Å². The van der Waals surface area contributed by atoms with E-state index in [2.05, 4.69) is 42.4 Å². The van der Waals surface area contributed by atoms with Crippen molar-refractivity contribution in [2.45, 2.75) is 18.9 Å².